The lowest BCUT2D eigenvalue weighted by Gasteiger charge is -2.33. The maximum Gasteiger partial charge on any atom is 0.305 e. The quantitative estimate of drug-likeness (QED) is 0.341. The maximum absolute atomic E-state index is 11.6. The summed E-state index contributed by atoms with van der Waals surface area (Å²) in [5.41, 5.74) is 13.0. The number of nitrogens with one attached hydrogen (secondary N) is 1. The van der Waals surface area contributed by atoms with Gasteiger partial charge in [0, 0.05) is 36.6 Å². The number of halogens is 2. The van der Waals surface area contributed by atoms with Crippen LogP contribution in [0.25, 0.3) is 11.4 Å². The Morgan fingerprint density at radius 3 is 2.60 bits per heavy atom. The van der Waals surface area contributed by atoms with E-state index in [1.165, 1.54) is 6.07 Å². The Kier molecular flexibility index (Phi) is 9.54. The third-order valence-electron chi connectivity index (χ3n) is 5.07. The standard InChI is InChI=1S/C19H27N7O2.2ClH/c1-3-5-12-10-16(25-9-4-6-13(11-25)22-2)24-19(23-12)17-14(20)7-8-15(21)18(17)26(27)28;;/h7-8,10,13,22H,3-6,9,11,20-21H2,1-2H3;2*1H. The molecule has 2 heterocycles. The van der Waals surface area contributed by atoms with Crippen molar-refractivity contribution in [1.82, 2.24) is 15.3 Å². The smallest absolute Gasteiger partial charge is 0.305 e. The van der Waals surface area contributed by atoms with Crippen LogP contribution in [0.4, 0.5) is 22.9 Å². The van der Waals surface area contributed by atoms with Gasteiger partial charge in [-0.1, -0.05) is 13.3 Å². The summed E-state index contributed by atoms with van der Waals surface area (Å²) in [6, 6.07) is 5.36. The van der Waals surface area contributed by atoms with Crippen molar-refractivity contribution >= 4 is 47.7 Å². The fourth-order valence-corrected chi connectivity index (χ4v) is 3.62. The molecule has 1 aromatic carbocycles. The minimum Gasteiger partial charge on any atom is -0.398 e. The molecule has 1 aliphatic heterocycles. The van der Waals surface area contributed by atoms with Gasteiger partial charge in [-0.2, -0.15) is 0 Å². The molecule has 11 heteroatoms. The van der Waals surface area contributed by atoms with Crippen molar-refractivity contribution in [1.29, 1.82) is 0 Å². The van der Waals surface area contributed by atoms with Crippen molar-refractivity contribution in [3.63, 3.8) is 0 Å². The van der Waals surface area contributed by atoms with E-state index in [9.17, 15) is 10.1 Å². The molecule has 0 radical (unpaired) electrons. The molecule has 1 unspecified atom stereocenters. The number of nitrogen functional groups attached to an aromatic ring is 2. The van der Waals surface area contributed by atoms with E-state index in [4.69, 9.17) is 11.5 Å². The van der Waals surface area contributed by atoms with Gasteiger partial charge < -0.3 is 21.7 Å². The zero-order valence-electron chi connectivity index (χ0n) is 17.1. The molecule has 5 N–H and O–H groups in total. The normalized spacial score (nSPS) is 15.8. The maximum atomic E-state index is 11.6. The van der Waals surface area contributed by atoms with Crippen molar-refractivity contribution in [2.75, 3.05) is 36.5 Å². The summed E-state index contributed by atoms with van der Waals surface area (Å²) in [5, 5.41) is 15.0. The fraction of sp³-hybridized carbons (Fsp3) is 0.474. The second-order valence-corrected chi connectivity index (χ2v) is 7.09. The molecule has 1 fully saturated rings. The molecule has 30 heavy (non-hydrogen) atoms. The average Bonchev–Trinajstić information content (AvgIpc) is 2.69. The van der Waals surface area contributed by atoms with Crippen LogP contribution < -0.4 is 21.7 Å². The molecule has 0 bridgehead atoms. The van der Waals surface area contributed by atoms with Crippen LogP contribution in [-0.4, -0.2) is 41.1 Å². The number of rotatable bonds is 6. The molecule has 166 valence electrons. The van der Waals surface area contributed by atoms with Crippen molar-refractivity contribution < 1.29 is 4.92 Å². The number of aromatic nitrogens is 2. The Hall–Kier alpha value is -2.36. The van der Waals surface area contributed by atoms with Gasteiger partial charge in [0.15, 0.2) is 5.82 Å². The minimum absolute atomic E-state index is 0. The molecule has 1 atom stereocenters. The van der Waals surface area contributed by atoms with E-state index < -0.39 is 4.92 Å². The monoisotopic (exact) mass is 457 g/mol. The summed E-state index contributed by atoms with van der Waals surface area (Å²) in [4.78, 5) is 22.6. The van der Waals surface area contributed by atoms with Crippen LogP contribution in [0.3, 0.4) is 0 Å². The first-order valence-electron chi connectivity index (χ1n) is 9.57. The Labute approximate surface area is 188 Å². The molecular weight excluding hydrogens is 429 g/mol. The topological polar surface area (TPSA) is 136 Å². The van der Waals surface area contributed by atoms with E-state index in [0.717, 1.165) is 50.3 Å². The number of nitro groups is 1. The molecular formula is C19H29Cl2N7O2. The summed E-state index contributed by atoms with van der Waals surface area (Å²) in [7, 11) is 1.96. The summed E-state index contributed by atoms with van der Waals surface area (Å²) in [5.74, 6) is 1.02. The highest BCUT2D eigenvalue weighted by Gasteiger charge is 2.27. The van der Waals surface area contributed by atoms with E-state index >= 15 is 0 Å². The molecule has 3 rings (SSSR count). The molecule has 1 aromatic heterocycles. The van der Waals surface area contributed by atoms with E-state index in [2.05, 4.69) is 27.1 Å². The number of piperidine rings is 1. The zero-order valence-corrected chi connectivity index (χ0v) is 18.8. The summed E-state index contributed by atoms with van der Waals surface area (Å²) in [6.07, 6.45) is 3.82. The first-order valence-corrected chi connectivity index (χ1v) is 9.57. The third kappa shape index (κ3) is 5.41. The molecule has 1 saturated heterocycles. The lowest BCUT2D eigenvalue weighted by Crippen LogP contribution is -2.44. The van der Waals surface area contributed by atoms with Crippen LogP contribution in [0.2, 0.25) is 0 Å². The largest absolute Gasteiger partial charge is 0.398 e. The summed E-state index contributed by atoms with van der Waals surface area (Å²) >= 11 is 0. The highest BCUT2D eigenvalue weighted by Crippen LogP contribution is 2.38. The predicted molar refractivity (Wildman–Crippen MR) is 126 cm³/mol. The second-order valence-electron chi connectivity index (χ2n) is 7.09. The molecule has 0 saturated carbocycles. The van der Waals surface area contributed by atoms with Gasteiger partial charge in [0.1, 0.15) is 17.1 Å². The average molecular weight is 458 g/mol. The number of hydrogen-bond donors (Lipinski definition) is 3. The molecule has 2 aromatic rings. The number of hydrogen-bond acceptors (Lipinski definition) is 8. The van der Waals surface area contributed by atoms with Crippen molar-refractivity contribution in [2.45, 2.75) is 38.6 Å². The van der Waals surface area contributed by atoms with Crippen molar-refractivity contribution in [3.05, 3.63) is 34.0 Å². The highest BCUT2D eigenvalue weighted by molar-refractivity contribution is 5.87. The minimum atomic E-state index is -0.519. The molecule has 9 nitrogen and oxygen atoms in total. The zero-order chi connectivity index (χ0) is 20.3. The van der Waals surface area contributed by atoms with Crippen molar-refractivity contribution in [2.24, 2.45) is 0 Å². The van der Waals surface area contributed by atoms with Crippen LogP contribution in [0.15, 0.2) is 18.2 Å². The van der Waals surface area contributed by atoms with Crippen LogP contribution in [0.5, 0.6) is 0 Å². The van der Waals surface area contributed by atoms with E-state index in [1.54, 1.807) is 6.07 Å². The molecule has 0 amide bonds. The lowest BCUT2D eigenvalue weighted by atomic mass is 10.1. The Balaban J connectivity index is 0.00000225. The van der Waals surface area contributed by atoms with Gasteiger partial charge in [0.2, 0.25) is 0 Å². The first kappa shape index (κ1) is 25.7. The van der Waals surface area contributed by atoms with E-state index in [0.29, 0.717) is 6.04 Å². The second kappa shape index (κ2) is 11.1. The number of nitrogens with zero attached hydrogens (tertiary/aromatic N) is 4. The predicted octanol–water partition coefficient (Wildman–Crippen LogP) is 3.20. The molecule has 1 aliphatic rings. The highest BCUT2D eigenvalue weighted by atomic mass is 35.5. The Bertz CT molecular complexity index is 882. The number of anilines is 3. The van der Waals surface area contributed by atoms with Gasteiger partial charge >= 0.3 is 5.69 Å². The number of nitrogens with two attached hydrogens (primary N) is 2. The van der Waals surface area contributed by atoms with Gasteiger partial charge in [0.05, 0.1) is 4.92 Å². The summed E-state index contributed by atoms with van der Waals surface area (Å²) < 4.78 is 0. The Morgan fingerprint density at radius 2 is 1.97 bits per heavy atom. The van der Waals surface area contributed by atoms with Gasteiger partial charge in [-0.05, 0) is 38.4 Å². The molecule has 0 aliphatic carbocycles. The van der Waals surface area contributed by atoms with Gasteiger partial charge in [-0.15, -0.1) is 24.8 Å². The van der Waals surface area contributed by atoms with Crippen molar-refractivity contribution in [3.8, 4) is 11.4 Å². The van der Waals surface area contributed by atoms with Crippen LogP contribution in [0, 0.1) is 10.1 Å². The number of nitro benzene ring substituents is 1. The van der Waals surface area contributed by atoms with Crippen LogP contribution in [-0.2, 0) is 6.42 Å². The summed E-state index contributed by atoms with van der Waals surface area (Å²) in [6.45, 7) is 3.78. The van der Waals surface area contributed by atoms with E-state index in [-0.39, 0.29) is 53.3 Å². The Morgan fingerprint density at radius 1 is 1.27 bits per heavy atom. The lowest BCUT2D eigenvalue weighted by molar-refractivity contribution is -0.383. The number of benzene rings is 1. The first-order chi connectivity index (χ1) is 13.4. The van der Waals surface area contributed by atoms with Gasteiger partial charge in [-0.25, -0.2) is 9.97 Å². The van der Waals surface area contributed by atoms with E-state index in [1.807, 2.05) is 13.1 Å². The third-order valence-corrected chi connectivity index (χ3v) is 5.07. The SMILES string of the molecule is CCCc1cc(N2CCCC(NC)C2)nc(-c2c(N)ccc(N)c2[N+](=O)[O-])n1.Cl.Cl. The fourth-order valence-electron chi connectivity index (χ4n) is 3.62. The molecule has 0 spiro atoms. The van der Waals surface area contributed by atoms with Crippen LogP contribution in [0.1, 0.15) is 31.9 Å². The van der Waals surface area contributed by atoms with Gasteiger partial charge in [0.25, 0.3) is 0 Å². The number of aryl methyl sites for hydroxylation is 1. The van der Waals surface area contributed by atoms with Crippen LogP contribution >= 0.6 is 24.8 Å². The number of likely N-dealkylation sites (N-methyl/N-ethyl adjacent to an activating group) is 1. The van der Waals surface area contributed by atoms with Gasteiger partial charge in [-0.3, -0.25) is 10.1 Å².